The summed E-state index contributed by atoms with van der Waals surface area (Å²) in [4.78, 5) is 15.4. The summed E-state index contributed by atoms with van der Waals surface area (Å²) < 4.78 is 63.2. The molecule has 0 fully saturated rings. The summed E-state index contributed by atoms with van der Waals surface area (Å²) in [5.41, 5.74) is 0.908. The molecular weight excluding hydrogens is 476 g/mol. The Hall–Kier alpha value is -3.40. The number of aromatic nitrogens is 4. The largest absolute Gasteiger partial charge is 0.500 e. The van der Waals surface area contributed by atoms with Crippen LogP contribution in [0.4, 0.5) is 17.6 Å². The van der Waals surface area contributed by atoms with Crippen molar-refractivity contribution in [3.8, 4) is 11.4 Å². The lowest BCUT2D eigenvalue weighted by Crippen LogP contribution is -2.11. The van der Waals surface area contributed by atoms with Crippen LogP contribution in [0.1, 0.15) is 35.0 Å². The average molecular weight is 495 g/mol. The van der Waals surface area contributed by atoms with Crippen LogP contribution in [0.5, 0.6) is 0 Å². The SMILES string of the molecule is COC1=CC(OCc2ncc(C(F)(F)F)cc2F)=CCC1c1[nH]c(-c2ccc(C)nc2)nc1Cl. The van der Waals surface area contributed by atoms with Gasteiger partial charge >= 0.3 is 6.18 Å². The maximum atomic E-state index is 14.0. The van der Waals surface area contributed by atoms with E-state index in [1.165, 1.54) is 7.11 Å². The van der Waals surface area contributed by atoms with E-state index in [4.69, 9.17) is 21.1 Å². The first-order valence-electron chi connectivity index (χ1n) is 10.1. The minimum atomic E-state index is -4.67. The number of imidazole rings is 1. The highest BCUT2D eigenvalue weighted by Crippen LogP contribution is 2.37. The zero-order valence-electron chi connectivity index (χ0n) is 18.1. The van der Waals surface area contributed by atoms with E-state index in [9.17, 15) is 17.6 Å². The number of nitrogens with one attached hydrogen (secondary N) is 1. The predicted octanol–water partition coefficient (Wildman–Crippen LogP) is 6.10. The Morgan fingerprint density at radius 2 is 2.00 bits per heavy atom. The number of allylic oxidation sites excluding steroid dienone is 3. The molecule has 1 unspecified atom stereocenters. The fraction of sp³-hybridized carbons (Fsp3) is 0.261. The van der Waals surface area contributed by atoms with Gasteiger partial charge in [0.25, 0.3) is 0 Å². The molecule has 11 heteroatoms. The molecule has 0 aliphatic heterocycles. The molecule has 1 aliphatic rings. The Morgan fingerprint density at radius 3 is 2.65 bits per heavy atom. The van der Waals surface area contributed by atoms with E-state index in [0.717, 1.165) is 11.3 Å². The van der Waals surface area contributed by atoms with Crippen LogP contribution in [0.2, 0.25) is 5.15 Å². The standard InChI is InChI=1S/C23H19ClF4N4O2/c1-12-3-4-13(9-29-12)22-31-20(21(24)32-22)16-6-5-15(8-19(16)33-2)34-11-18-17(25)7-14(10-30-18)23(26,27)28/h3-5,7-10,16H,6,11H2,1-2H3,(H,31,32). The highest BCUT2D eigenvalue weighted by molar-refractivity contribution is 6.30. The van der Waals surface area contributed by atoms with Crippen LogP contribution in [0.3, 0.4) is 0 Å². The van der Waals surface area contributed by atoms with Gasteiger partial charge in [0.05, 0.1) is 24.3 Å². The van der Waals surface area contributed by atoms with Gasteiger partial charge in [0.1, 0.15) is 35.5 Å². The zero-order chi connectivity index (χ0) is 24.5. The molecule has 3 heterocycles. The van der Waals surface area contributed by atoms with Gasteiger partial charge in [-0.2, -0.15) is 13.2 Å². The van der Waals surface area contributed by atoms with Gasteiger partial charge in [-0.1, -0.05) is 11.6 Å². The fourth-order valence-electron chi connectivity index (χ4n) is 3.43. The summed E-state index contributed by atoms with van der Waals surface area (Å²) in [7, 11) is 1.49. The van der Waals surface area contributed by atoms with Crippen molar-refractivity contribution in [1.82, 2.24) is 19.9 Å². The van der Waals surface area contributed by atoms with Gasteiger partial charge in [-0.05, 0) is 37.6 Å². The molecule has 0 bridgehead atoms. The fourth-order valence-corrected chi connectivity index (χ4v) is 3.70. The van der Waals surface area contributed by atoms with Gasteiger partial charge in [-0.3, -0.25) is 9.97 Å². The molecule has 3 aromatic heterocycles. The molecule has 0 aromatic carbocycles. The Balaban J connectivity index is 1.48. The molecule has 0 amide bonds. The topological polar surface area (TPSA) is 72.9 Å². The summed E-state index contributed by atoms with van der Waals surface area (Å²) in [5.74, 6) is 0.0935. The quantitative estimate of drug-likeness (QED) is 0.419. The second kappa shape index (κ2) is 9.46. The Kier molecular flexibility index (Phi) is 6.60. The smallest absolute Gasteiger partial charge is 0.417 e. The van der Waals surface area contributed by atoms with Crippen LogP contribution >= 0.6 is 11.6 Å². The third-order valence-electron chi connectivity index (χ3n) is 5.26. The van der Waals surface area contributed by atoms with Crippen LogP contribution in [0.15, 0.2) is 54.3 Å². The minimum absolute atomic E-state index is 0.239. The number of halogens is 5. The van der Waals surface area contributed by atoms with Crippen molar-refractivity contribution in [2.24, 2.45) is 0 Å². The van der Waals surface area contributed by atoms with Crippen LogP contribution in [-0.4, -0.2) is 27.0 Å². The molecule has 0 saturated heterocycles. The average Bonchev–Trinajstić information content (AvgIpc) is 3.19. The third-order valence-corrected chi connectivity index (χ3v) is 5.55. The lowest BCUT2D eigenvalue weighted by molar-refractivity contribution is -0.138. The molecule has 1 N–H and O–H groups in total. The van der Waals surface area contributed by atoms with Gasteiger partial charge in [0, 0.05) is 29.7 Å². The number of ether oxygens (including phenoxy) is 2. The lowest BCUT2D eigenvalue weighted by atomic mass is 9.94. The van der Waals surface area contributed by atoms with Crippen LogP contribution in [0.25, 0.3) is 11.4 Å². The summed E-state index contributed by atoms with van der Waals surface area (Å²) in [6, 6.07) is 4.15. The molecule has 1 atom stereocenters. The number of hydrogen-bond acceptors (Lipinski definition) is 5. The molecular formula is C23H19ClF4N4O2. The molecule has 0 saturated carbocycles. The maximum absolute atomic E-state index is 14.0. The summed E-state index contributed by atoms with van der Waals surface area (Å²) >= 11 is 6.39. The first-order chi connectivity index (χ1) is 16.2. The first-order valence-corrected chi connectivity index (χ1v) is 10.5. The van der Waals surface area contributed by atoms with Gasteiger partial charge in [-0.25, -0.2) is 9.37 Å². The Labute approximate surface area is 197 Å². The number of methoxy groups -OCH3 is 1. The lowest BCUT2D eigenvalue weighted by Gasteiger charge is -2.22. The van der Waals surface area contributed by atoms with E-state index in [-0.39, 0.29) is 23.4 Å². The molecule has 3 aromatic rings. The van der Waals surface area contributed by atoms with E-state index < -0.39 is 17.6 Å². The number of aryl methyl sites for hydroxylation is 1. The molecule has 0 spiro atoms. The van der Waals surface area contributed by atoms with Gasteiger partial charge in [0.15, 0.2) is 5.15 Å². The van der Waals surface area contributed by atoms with E-state index >= 15 is 0 Å². The van der Waals surface area contributed by atoms with Crippen LogP contribution in [0, 0.1) is 12.7 Å². The van der Waals surface area contributed by atoms with Crippen LogP contribution in [-0.2, 0) is 22.3 Å². The molecule has 6 nitrogen and oxygen atoms in total. The van der Waals surface area contributed by atoms with Gasteiger partial charge < -0.3 is 14.5 Å². The number of hydrogen-bond donors (Lipinski definition) is 1. The normalized spacial score (nSPS) is 16.1. The van der Waals surface area contributed by atoms with Gasteiger partial charge in [-0.15, -0.1) is 0 Å². The first kappa shape index (κ1) is 23.7. The number of rotatable bonds is 6. The second-order valence-electron chi connectivity index (χ2n) is 7.56. The summed E-state index contributed by atoms with van der Waals surface area (Å²) in [6.07, 6.45) is 1.40. The van der Waals surface area contributed by atoms with Gasteiger partial charge in [0.2, 0.25) is 0 Å². The van der Waals surface area contributed by atoms with E-state index in [2.05, 4.69) is 19.9 Å². The molecule has 4 rings (SSSR count). The van der Waals surface area contributed by atoms with Crippen molar-refractivity contribution in [3.63, 3.8) is 0 Å². The number of nitrogens with zero attached hydrogens (tertiary/aromatic N) is 3. The summed E-state index contributed by atoms with van der Waals surface area (Å²) in [6.45, 7) is 1.54. The van der Waals surface area contributed by atoms with Crippen LogP contribution < -0.4 is 0 Å². The monoisotopic (exact) mass is 494 g/mol. The molecule has 1 aliphatic carbocycles. The number of H-pyrrole nitrogens is 1. The molecule has 34 heavy (non-hydrogen) atoms. The van der Waals surface area contributed by atoms with E-state index in [1.807, 2.05) is 19.1 Å². The van der Waals surface area contributed by atoms with E-state index in [1.54, 1.807) is 18.3 Å². The van der Waals surface area contributed by atoms with Crippen molar-refractivity contribution < 1.29 is 27.0 Å². The molecule has 0 radical (unpaired) electrons. The predicted molar refractivity (Wildman–Crippen MR) is 116 cm³/mol. The summed E-state index contributed by atoms with van der Waals surface area (Å²) in [5, 5.41) is 0.289. The number of aromatic amines is 1. The maximum Gasteiger partial charge on any atom is 0.417 e. The highest BCUT2D eigenvalue weighted by Gasteiger charge is 2.32. The minimum Gasteiger partial charge on any atom is -0.500 e. The Morgan fingerprint density at radius 1 is 1.21 bits per heavy atom. The molecule has 178 valence electrons. The number of alkyl halides is 3. The highest BCUT2D eigenvalue weighted by atomic mass is 35.5. The number of pyridine rings is 2. The Bertz CT molecular complexity index is 1250. The van der Waals surface area contributed by atoms with Crippen molar-refractivity contribution in [1.29, 1.82) is 0 Å². The van der Waals surface area contributed by atoms with Crippen molar-refractivity contribution in [2.45, 2.75) is 32.0 Å². The second-order valence-corrected chi connectivity index (χ2v) is 7.92. The van der Waals surface area contributed by atoms with E-state index in [0.29, 0.717) is 41.7 Å². The third kappa shape index (κ3) is 5.06. The zero-order valence-corrected chi connectivity index (χ0v) is 18.8. The van der Waals surface area contributed by atoms with Crippen molar-refractivity contribution >= 4 is 11.6 Å². The van der Waals surface area contributed by atoms with Crippen molar-refractivity contribution in [3.05, 3.63) is 87.9 Å². The van der Waals surface area contributed by atoms with Crippen molar-refractivity contribution in [2.75, 3.05) is 7.11 Å².